The standard InChI is InChI=1S/C28H27N3O3/c1-30(26(32)18-17-22-13-10-16-25(33-2)28(22)34-3)19-23-20-31(24-14-8-5-9-15-24)29-27(23)21-11-6-4-7-12-21/h4-18,20H,19H2,1-3H3/b18-17+. The molecule has 1 heterocycles. The number of carbonyl (C=O) groups excluding carboxylic acids is 1. The predicted octanol–water partition coefficient (Wildman–Crippen LogP) is 5.23. The molecule has 0 unspecified atom stereocenters. The Morgan fingerprint density at radius 3 is 2.32 bits per heavy atom. The molecule has 1 amide bonds. The number of para-hydroxylation sites is 2. The number of aromatic nitrogens is 2. The molecule has 0 fully saturated rings. The third-order valence-corrected chi connectivity index (χ3v) is 5.48. The van der Waals surface area contributed by atoms with E-state index in [1.165, 1.54) is 0 Å². The Kier molecular flexibility index (Phi) is 7.08. The van der Waals surface area contributed by atoms with Gasteiger partial charge < -0.3 is 14.4 Å². The molecule has 6 nitrogen and oxygen atoms in total. The van der Waals surface area contributed by atoms with Gasteiger partial charge in [-0.05, 0) is 24.3 Å². The molecule has 0 atom stereocenters. The third kappa shape index (κ3) is 5.02. The highest BCUT2D eigenvalue weighted by atomic mass is 16.5. The van der Waals surface area contributed by atoms with Crippen LogP contribution in [-0.4, -0.2) is 41.9 Å². The lowest BCUT2D eigenvalue weighted by molar-refractivity contribution is -0.125. The SMILES string of the molecule is COc1cccc(/C=C/C(=O)N(C)Cc2cn(-c3ccccc3)nc2-c2ccccc2)c1OC. The monoisotopic (exact) mass is 453 g/mol. The molecule has 0 radical (unpaired) electrons. The van der Waals surface area contributed by atoms with Crippen LogP contribution in [-0.2, 0) is 11.3 Å². The van der Waals surface area contributed by atoms with Crippen LogP contribution in [0.2, 0.25) is 0 Å². The van der Waals surface area contributed by atoms with Crippen LogP contribution in [0.15, 0.2) is 91.1 Å². The molecule has 4 rings (SSSR count). The van der Waals surface area contributed by atoms with Crippen LogP contribution in [0, 0.1) is 0 Å². The van der Waals surface area contributed by atoms with Crippen LogP contribution in [0.5, 0.6) is 11.5 Å². The van der Waals surface area contributed by atoms with E-state index in [0.717, 1.165) is 28.1 Å². The van der Waals surface area contributed by atoms with E-state index in [9.17, 15) is 4.79 Å². The van der Waals surface area contributed by atoms with Crippen LogP contribution in [0.25, 0.3) is 23.0 Å². The first-order chi connectivity index (χ1) is 16.6. The topological polar surface area (TPSA) is 56.6 Å². The number of benzene rings is 3. The van der Waals surface area contributed by atoms with Crippen LogP contribution in [0.1, 0.15) is 11.1 Å². The number of likely N-dealkylation sites (N-methyl/N-ethyl adjacent to an activating group) is 1. The molecule has 0 aliphatic rings. The van der Waals surface area contributed by atoms with Crippen LogP contribution in [0.4, 0.5) is 0 Å². The minimum absolute atomic E-state index is 0.128. The summed E-state index contributed by atoms with van der Waals surface area (Å²) in [5, 5.41) is 4.83. The first-order valence-corrected chi connectivity index (χ1v) is 10.9. The number of hydrogen-bond acceptors (Lipinski definition) is 4. The first kappa shape index (κ1) is 22.9. The van der Waals surface area contributed by atoms with Gasteiger partial charge in [-0.3, -0.25) is 4.79 Å². The third-order valence-electron chi connectivity index (χ3n) is 5.48. The normalized spacial score (nSPS) is 10.9. The van der Waals surface area contributed by atoms with E-state index in [2.05, 4.69) is 0 Å². The highest BCUT2D eigenvalue weighted by molar-refractivity contribution is 5.92. The van der Waals surface area contributed by atoms with Crippen molar-refractivity contribution in [3.05, 3.63) is 102 Å². The Hall–Kier alpha value is -4.32. The molecule has 0 aliphatic heterocycles. The number of amides is 1. The van der Waals surface area contributed by atoms with Gasteiger partial charge in [-0.15, -0.1) is 0 Å². The summed E-state index contributed by atoms with van der Waals surface area (Å²) in [7, 11) is 4.95. The Balaban J connectivity index is 1.59. The van der Waals surface area contributed by atoms with E-state index >= 15 is 0 Å². The van der Waals surface area contributed by atoms with Crippen molar-refractivity contribution in [2.75, 3.05) is 21.3 Å². The lowest BCUT2D eigenvalue weighted by atomic mass is 10.1. The van der Waals surface area contributed by atoms with Gasteiger partial charge in [-0.2, -0.15) is 5.10 Å². The molecule has 172 valence electrons. The Bertz CT molecular complexity index is 1280. The summed E-state index contributed by atoms with van der Waals surface area (Å²) in [6, 6.07) is 25.5. The smallest absolute Gasteiger partial charge is 0.246 e. The lowest BCUT2D eigenvalue weighted by Gasteiger charge is -2.15. The molecule has 4 aromatic rings. The molecule has 0 saturated heterocycles. The van der Waals surface area contributed by atoms with Gasteiger partial charge in [0.25, 0.3) is 0 Å². The van der Waals surface area contributed by atoms with E-state index in [-0.39, 0.29) is 5.91 Å². The Morgan fingerprint density at radius 1 is 0.941 bits per heavy atom. The fourth-order valence-electron chi connectivity index (χ4n) is 3.74. The average Bonchev–Trinajstić information content (AvgIpc) is 3.31. The number of ether oxygens (including phenoxy) is 2. The van der Waals surface area contributed by atoms with Crippen molar-refractivity contribution in [2.24, 2.45) is 0 Å². The van der Waals surface area contributed by atoms with Crippen molar-refractivity contribution in [1.29, 1.82) is 0 Å². The Labute approximate surface area is 199 Å². The summed E-state index contributed by atoms with van der Waals surface area (Å²) in [5.74, 6) is 1.08. The van der Waals surface area contributed by atoms with Gasteiger partial charge in [0.2, 0.25) is 5.91 Å². The zero-order valence-corrected chi connectivity index (χ0v) is 19.5. The molecular weight excluding hydrogens is 426 g/mol. The maximum Gasteiger partial charge on any atom is 0.246 e. The van der Waals surface area contributed by atoms with Crippen LogP contribution >= 0.6 is 0 Å². The van der Waals surface area contributed by atoms with E-state index in [1.54, 1.807) is 38.3 Å². The molecule has 0 spiro atoms. The minimum atomic E-state index is -0.128. The summed E-state index contributed by atoms with van der Waals surface area (Å²) < 4.78 is 12.6. The molecule has 0 saturated carbocycles. The van der Waals surface area contributed by atoms with Crippen molar-refractivity contribution in [2.45, 2.75) is 6.54 Å². The van der Waals surface area contributed by atoms with Gasteiger partial charge in [0.15, 0.2) is 11.5 Å². The molecule has 3 aromatic carbocycles. The maximum absolute atomic E-state index is 12.9. The highest BCUT2D eigenvalue weighted by Gasteiger charge is 2.16. The van der Waals surface area contributed by atoms with E-state index in [0.29, 0.717) is 18.0 Å². The molecule has 0 bridgehead atoms. The van der Waals surface area contributed by atoms with Crippen molar-refractivity contribution < 1.29 is 14.3 Å². The van der Waals surface area contributed by atoms with Gasteiger partial charge in [0, 0.05) is 42.6 Å². The summed E-state index contributed by atoms with van der Waals surface area (Å²) in [6.07, 6.45) is 5.27. The number of methoxy groups -OCH3 is 2. The second kappa shape index (κ2) is 10.5. The summed E-state index contributed by atoms with van der Waals surface area (Å²) >= 11 is 0. The fraction of sp³-hybridized carbons (Fsp3) is 0.143. The zero-order chi connectivity index (χ0) is 23.9. The molecular formula is C28H27N3O3. The van der Waals surface area contributed by atoms with Crippen LogP contribution < -0.4 is 9.47 Å². The second-order valence-corrected chi connectivity index (χ2v) is 7.76. The second-order valence-electron chi connectivity index (χ2n) is 7.76. The van der Waals surface area contributed by atoms with Gasteiger partial charge in [0.05, 0.1) is 25.6 Å². The number of rotatable bonds is 8. The summed E-state index contributed by atoms with van der Waals surface area (Å²) in [4.78, 5) is 14.6. The van der Waals surface area contributed by atoms with Gasteiger partial charge in [0.1, 0.15) is 0 Å². The molecule has 34 heavy (non-hydrogen) atoms. The molecule has 0 N–H and O–H groups in total. The van der Waals surface area contributed by atoms with E-state index < -0.39 is 0 Å². The van der Waals surface area contributed by atoms with Crippen molar-refractivity contribution >= 4 is 12.0 Å². The summed E-state index contributed by atoms with van der Waals surface area (Å²) in [6.45, 7) is 0.412. The predicted molar refractivity (Wildman–Crippen MR) is 134 cm³/mol. The maximum atomic E-state index is 12.9. The zero-order valence-electron chi connectivity index (χ0n) is 19.5. The highest BCUT2D eigenvalue weighted by Crippen LogP contribution is 2.31. The Morgan fingerprint density at radius 2 is 1.65 bits per heavy atom. The average molecular weight is 454 g/mol. The van der Waals surface area contributed by atoms with Crippen molar-refractivity contribution in [1.82, 2.24) is 14.7 Å². The number of carbonyl (C=O) groups is 1. The number of nitrogens with zero attached hydrogens (tertiary/aromatic N) is 3. The molecule has 0 aliphatic carbocycles. The van der Waals surface area contributed by atoms with Gasteiger partial charge in [-0.25, -0.2) is 4.68 Å². The van der Waals surface area contributed by atoms with Crippen molar-refractivity contribution in [3.8, 4) is 28.4 Å². The van der Waals surface area contributed by atoms with Crippen LogP contribution in [0.3, 0.4) is 0 Å². The lowest BCUT2D eigenvalue weighted by Crippen LogP contribution is -2.24. The summed E-state index contributed by atoms with van der Waals surface area (Å²) in [5.41, 5.74) is 4.54. The van der Waals surface area contributed by atoms with Gasteiger partial charge >= 0.3 is 0 Å². The minimum Gasteiger partial charge on any atom is -0.493 e. The largest absolute Gasteiger partial charge is 0.493 e. The van der Waals surface area contributed by atoms with Gasteiger partial charge in [-0.1, -0.05) is 60.7 Å². The quantitative estimate of drug-likeness (QED) is 0.343. The van der Waals surface area contributed by atoms with E-state index in [1.807, 2.05) is 89.7 Å². The first-order valence-electron chi connectivity index (χ1n) is 10.9. The molecule has 1 aromatic heterocycles. The van der Waals surface area contributed by atoms with Crippen molar-refractivity contribution in [3.63, 3.8) is 0 Å². The van der Waals surface area contributed by atoms with E-state index in [4.69, 9.17) is 14.6 Å². The fourth-order valence-corrected chi connectivity index (χ4v) is 3.74. The number of hydrogen-bond donors (Lipinski definition) is 0. The molecule has 6 heteroatoms.